The third kappa shape index (κ3) is 4.02. The first-order valence-corrected chi connectivity index (χ1v) is 9.77. The van der Waals surface area contributed by atoms with Gasteiger partial charge in [0.25, 0.3) is 0 Å². The minimum Gasteiger partial charge on any atom is -0.377 e. The van der Waals surface area contributed by atoms with Crippen molar-refractivity contribution in [3.8, 4) is 11.8 Å². The number of nitrogens with zero attached hydrogens (tertiary/aromatic N) is 1. The second-order valence-electron chi connectivity index (χ2n) is 7.57. The van der Waals surface area contributed by atoms with Crippen molar-refractivity contribution >= 4 is 0 Å². The molecule has 1 N–H and O–H groups in total. The van der Waals surface area contributed by atoms with E-state index in [0.29, 0.717) is 12.8 Å². The molecule has 1 fully saturated rings. The van der Waals surface area contributed by atoms with Crippen LogP contribution in [0.5, 0.6) is 0 Å². The van der Waals surface area contributed by atoms with E-state index in [9.17, 15) is 5.11 Å². The summed E-state index contributed by atoms with van der Waals surface area (Å²) in [5.74, 6) is 6.41. The molecule has 0 amide bonds. The number of hydrogen-bond donors (Lipinski definition) is 1. The number of piperidine rings is 1. The smallest absolute Gasteiger partial charge is 0.129 e. The molecule has 3 atom stereocenters. The van der Waals surface area contributed by atoms with E-state index in [4.69, 9.17) is 0 Å². The maximum atomic E-state index is 11.5. The number of benzene rings is 3. The van der Waals surface area contributed by atoms with Gasteiger partial charge in [-0.1, -0.05) is 90.7 Å². The van der Waals surface area contributed by atoms with Gasteiger partial charge in [-0.05, 0) is 30.3 Å². The summed E-state index contributed by atoms with van der Waals surface area (Å²) < 4.78 is 0. The summed E-state index contributed by atoms with van der Waals surface area (Å²) in [5.41, 5.74) is 2.32. The van der Waals surface area contributed by atoms with Crippen LogP contribution < -0.4 is 0 Å². The topological polar surface area (TPSA) is 23.5 Å². The van der Waals surface area contributed by atoms with Crippen LogP contribution in [0.2, 0.25) is 0 Å². The molecule has 1 heterocycles. The zero-order valence-corrected chi connectivity index (χ0v) is 16.1. The van der Waals surface area contributed by atoms with Crippen LogP contribution >= 0.6 is 0 Å². The van der Waals surface area contributed by atoms with Crippen molar-refractivity contribution in [2.45, 2.75) is 30.5 Å². The molecule has 28 heavy (non-hydrogen) atoms. The Morgan fingerprint density at radius 2 is 1.18 bits per heavy atom. The highest BCUT2D eigenvalue weighted by atomic mass is 16.3. The molecule has 140 valence electrons. The predicted molar refractivity (Wildman–Crippen MR) is 114 cm³/mol. The quantitative estimate of drug-likeness (QED) is 0.646. The van der Waals surface area contributed by atoms with Crippen LogP contribution in [0, 0.1) is 11.8 Å². The van der Waals surface area contributed by atoms with Gasteiger partial charge in [-0.2, -0.15) is 0 Å². The molecule has 2 heteroatoms. The van der Waals surface area contributed by atoms with Gasteiger partial charge >= 0.3 is 0 Å². The average molecular weight is 367 g/mol. The van der Waals surface area contributed by atoms with Gasteiger partial charge in [0.15, 0.2) is 0 Å². The Hall–Kier alpha value is -2.86. The van der Waals surface area contributed by atoms with Gasteiger partial charge in [0.05, 0.1) is 0 Å². The van der Waals surface area contributed by atoms with E-state index in [2.05, 4.69) is 72.3 Å². The van der Waals surface area contributed by atoms with E-state index in [1.54, 1.807) is 0 Å². The van der Waals surface area contributed by atoms with Crippen molar-refractivity contribution in [1.82, 2.24) is 4.90 Å². The lowest BCUT2D eigenvalue weighted by Gasteiger charge is -2.46. The second-order valence-corrected chi connectivity index (χ2v) is 7.57. The summed E-state index contributed by atoms with van der Waals surface area (Å²) in [6.07, 6.45) is 1.19. The molecule has 1 saturated heterocycles. The van der Waals surface area contributed by atoms with E-state index >= 15 is 0 Å². The molecule has 0 spiro atoms. The number of hydrogen-bond acceptors (Lipinski definition) is 2. The molecule has 0 aliphatic carbocycles. The van der Waals surface area contributed by atoms with Crippen molar-refractivity contribution < 1.29 is 5.11 Å². The Bertz CT molecular complexity index is 907. The molecule has 1 unspecified atom stereocenters. The highest BCUT2D eigenvalue weighted by molar-refractivity contribution is 5.37. The Morgan fingerprint density at radius 3 is 1.64 bits per heavy atom. The number of aliphatic hydroxyl groups is 1. The molecule has 0 radical (unpaired) electrons. The molecule has 0 aromatic heterocycles. The van der Waals surface area contributed by atoms with Crippen LogP contribution in [-0.4, -0.2) is 22.7 Å². The molecule has 0 saturated carbocycles. The third-order valence-electron chi connectivity index (χ3n) is 5.63. The highest BCUT2D eigenvalue weighted by Gasteiger charge is 2.42. The van der Waals surface area contributed by atoms with Crippen LogP contribution in [0.4, 0.5) is 0 Å². The molecule has 3 aromatic carbocycles. The molecular weight excluding hydrogens is 342 g/mol. The summed E-state index contributed by atoms with van der Waals surface area (Å²) in [5, 5.41) is 11.5. The lowest BCUT2D eigenvalue weighted by molar-refractivity contribution is -0.0299. The maximum Gasteiger partial charge on any atom is 0.129 e. The summed E-state index contributed by atoms with van der Waals surface area (Å²) >= 11 is 0. The summed E-state index contributed by atoms with van der Waals surface area (Å²) in [4.78, 5) is 2.38. The predicted octanol–water partition coefficient (Wildman–Crippen LogP) is 4.98. The van der Waals surface area contributed by atoms with Crippen LogP contribution in [0.25, 0.3) is 0 Å². The third-order valence-corrected chi connectivity index (χ3v) is 5.63. The second kappa shape index (κ2) is 8.02. The monoisotopic (exact) mass is 367 g/mol. The van der Waals surface area contributed by atoms with E-state index in [-0.39, 0.29) is 12.1 Å². The first-order valence-electron chi connectivity index (χ1n) is 9.77. The van der Waals surface area contributed by atoms with E-state index in [0.717, 1.165) is 5.56 Å². The van der Waals surface area contributed by atoms with Gasteiger partial charge in [-0.15, -0.1) is 0 Å². The van der Waals surface area contributed by atoms with Gasteiger partial charge in [-0.3, -0.25) is 4.90 Å². The lowest BCUT2D eigenvalue weighted by Crippen LogP contribution is -2.45. The zero-order chi connectivity index (χ0) is 19.4. The summed E-state index contributed by atoms with van der Waals surface area (Å²) in [6, 6.07) is 31.0. The van der Waals surface area contributed by atoms with Crippen molar-refractivity contribution in [1.29, 1.82) is 0 Å². The molecule has 2 nitrogen and oxygen atoms in total. The fraction of sp³-hybridized carbons (Fsp3) is 0.231. The largest absolute Gasteiger partial charge is 0.377 e. The van der Waals surface area contributed by atoms with Gasteiger partial charge < -0.3 is 5.11 Å². The van der Waals surface area contributed by atoms with Gasteiger partial charge in [0.2, 0.25) is 0 Å². The minimum absolute atomic E-state index is 0.107. The zero-order valence-electron chi connectivity index (χ0n) is 16.1. The Labute approximate surface area is 167 Å². The summed E-state index contributed by atoms with van der Waals surface area (Å²) in [7, 11) is 2.15. The lowest BCUT2D eigenvalue weighted by atomic mass is 9.78. The normalized spacial score (nSPS) is 24.9. The molecule has 4 rings (SSSR count). The fourth-order valence-electron chi connectivity index (χ4n) is 4.10. The van der Waals surface area contributed by atoms with Crippen LogP contribution in [-0.2, 0) is 0 Å². The van der Waals surface area contributed by atoms with Gasteiger partial charge in [0.1, 0.15) is 5.60 Å². The van der Waals surface area contributed by atoms with Crippen molar-refractivity contribution in [2.24, 2.45) is 0 Å². The number of rotatable bonds is 2. The SMILES string of the molecule is CN1[C@@H](c2ccccc2)CC(O)(C#Cc2ccccc2)C[C@H]1c1ccccc1. The maximum absolute atomic E-state index is 11.5. The van der Waals surface area contributed by atoms with Gasteiger partial charge in [-0.25, -0.2) is 0 Å². The molecular formula is C26H25NO. The van der Waals surface area contributed by atoms with Crippen molar-refractivity contribution in [2.75, 3.05) is 7.05 Å². The summed E-state index contributed by atoms with van der Waals surface area (Å²) in [6.45, 7) is 0. The Kier molecular flexibility index (Phi) is 5.30. The van der Waals surface area contributed by atoms with Crippen LogP contribution in [0.1, 0.15) is 41.6 Å². The Balaban J connectivity index is 1.72. The molecule has 3 aromatic rings. The van der Waals surface area contributed by atoms with Crippen molar-refractivity contribution in [3.05, 3.63) is 108 Å². The number of likely N-dealkylation sites (tertiary alicyclic amines) is 1. The Morgan fingerprint density at radius 1 is 0.750 bits per heavy atom. The van der Waals surface area contributed by atoms with Crippen LogP contribution in [0.15, 0.2) is 91.0 Å². The molecule has 1 aliphatic heterocycles. The van der Waals surface area contributed by atoms with E-state index < -0.39 is 5.60 Å². The fourth-order valence-corrected chi connectivity index (χ4v) is 4.10. The first kappa shape index (κ1) is 18.5. The van der Waals surface area contributed by atoms with E-state index in [1.165, 1.54) is 11.1 Å². The molecule has 0 bridgehead atoms. The van der Waals surface area contributed by atoms with Gasteiger partial charge in [0, 0.05) is 30.5 Å². The van der Waals surface area contributed by atoms with E-state index in [1.807, 2.05) is 42.5 Å². The molecule has 1 aliphatic rings. The van der Waals surface area contributed by atoms with Crippen LogP contribution in [0.3, 0.4) is 0 Å². The van der Waals surface area contributed by atoms with Crippen molar-refractivity contribution in [3.63, 3.8) is 0 Å². The standard InChI is InChI=1S/C26H25NO/c1-27-24(22-13-7-3-8-14-22)19-26(28,18-17-21-11-5-2-6-12-21)20-25(27)23-15-9-4-10-16-23/h2-16,24-25,28H,19-20H2,1H3/t24-,25+,26?. The highest BCUT2D eigenvalue weighted by Crippen LogP contribution is 2.44. The minimum atomic E-state index is -1.04. The average Bonchev–Trinajstić information content (AvgIpc) is 2.76. The first-order chi connectivity index (χ1) is 13.6.